The summed E-state index contributed by atoms with van der Waals surface area (Å²) in [4.78, 5) is 7.44. The minimum Gasteiger partial charge on any atom is -0.328 e. The van der Waals surface area contributed by atoms with Gasteiger partial charge in [-0.15, -0.1) is 0 Å². The number of rotatable bonds is 6. The Morgan fingerprint density at radius 3 is 2.71 bits per heavy atom. The highest BCUT2D eigenvalue weighted by Crippen LogP contribution is 2.19. The van der Waals surface area contributed by atoms with Crippen molar-refractivity contribution in [1.29, 1.82) is 0 Å². The topological polar surface area (TPSA) is 47.1 Å². The minimum atomic E-state index is 0.583. The molecule has 0 radical (unpaired) electrons. The second-order valence-corrected chi connectivity index (χ2v) is 6.01. The zero-order valence-corrected chi connectivity index (χ0v) is 13.0. The van der Waals surface area contributed by atoms with Crippen LogP contribution in [0.25, 0.3) is 11.0 Å². The summed E-state index contributed by atoms with van der Waals surface area (Å²) in [5, 5.41) is 0. The molecule has 21 heavy (non-hydrogen) atoms. The molecule has 0 spiro atoms. The van der Waals surface area contributed by atoms with Crippen molar-refractivity contribution >= 4 is 11.0 Å². The zero-order valence-electron chi connectivity index (χ0n) is 13.0. The highest BCUT2D eigenvalue weighted by atomic mass is 15.1. The number of benzene rings is 1. The van der Waals surface area contributed by atoms with Crippen LogP contribution in [0.1, 0.15) is 37.6 Å². The summed E-state index contributed by atoms with van der Waals surface area (Å²) in [7, 11) is 0. The van der Waals surface area contributed by atoms with Crippen LogP contribution in [0.2, 0.25) is 0 Å². The number of aromatic nitrogens is 2. The molecule has 0 unspecified atom stereocenters. The monoisotopic (exact) mass is 286 g/mol. The molecule has 1 saturated heterocycles. The van der Waals surface area contributed by atoms with Crippen molar-refractivity contribution in [3.63, 3.8) is 0 Å². The molecule has 1 aliphatic rings. The Morgan fingerprint density at radius 2 is 2.00 bits per heavy atom. The molecule has 2 heterocycles. The third-order valence-electron chi connectivity index (χ3n) is 4.42. The maximum Gasteiger partial charge on any atom is 0.111 e. The molecule has 0 bridgehead atoms. The van der Waals surface area contributed by atoms with Crippen LogP contribution in [0.4, 0.5) is 0 Å². The van der Waals surface area contributed by atoms with Crippen LogP contribution in [0.3, 0.4) is 0 Å². The molecule has 1 aromatic heterocycles. The zero-order chi connectivity index (χ0) is 14.7. The first-order valence-electron chi connectivity index (χ1n) is 8.22. The van der Waals surface area contributed by atoms with Gasteiger partial charge in [-0.3, -0.25) is 0 Å². The Hall–Kier alpha value is -1.39. The van der Waals surface area contributed by atoms with Crippen molar-refractivity contribution in [2.45, 2.75) is 45.7 Å². The van der Waals surface area contributed by atoms with Crippen molar-refractivity contribution < 1.29 is 0 Å². The van der Waals surface area contributed by atoms with Gasteiger partial charge in [-0.2, -0.15) is 0 Å². The van der Waals surface area contributed by atoms with E-state index in [4.69, 9.17) is 10.7 Å². The molecule has 1 aromatic carbocycles. The van der Waals surface area contributed by atoms with E-state index in [1.165, 1.54) is 37.3 Å². The Bertz CT molecular complexity index is 596. The number of likely N-dealkylation sites (tertiary alicyclic amines) is 1. The normalized spacial score (nSPS) is 16.1. The summed E-state index contributed by atoms with van der Waals surface area (Å²) in [5.41, 5.74) is 9.26. The van der Waals surface area contributed by atoms with Gasteiger partial charge in [0, 0.05) is 26.1 Å². The number of imidazole rings is 1. The van der Waals surface area contributed by atoms with E-state index in [1.807, 2.05) is 0 Å². The number of hydrogen-bond donors (Lipinski definition) is 1. The molecular weight excluding hydrogens is 260 g/mol. The van der Waals surface area contributed by atoms with Crippen molar-refractivity contribution in [2.24, 2.45) is 5.73 Å². The molecule has 0 atom stereocenters. The summed E-state index contributed by atoms with van der Waals surface area (Å²) in [6.45, 7) is 7.51. The standard InChI is InChI=1S/C17H26N4/c1-2-8-21-16-6-5-14(13-18)12-15(16)19-17(21)7-11-20-9-3-4-10-20/h5-6,12H,2-4,7-11,13,18H2,1H3. The van der Waals surface area contributed by atoms with Gasteiger partial charge in [-0.25, -0.2) is 4.98 Å². The summed E-state index contributed by atoms with van der Waals surface area (Å²) in [6.07, 6.45) is 4.89. The lowest BCUT2D eigenvalue weighted by Crippen LogP contribution is -2.23. The average molecular weight is 286 g/mol. The third-order valence-corrected chi connectivity index (χ3v) is 4.42. The lowest BCUT2D eigenvalue weighted by Gasteiger charge is -2.14. The van der Waals surface area contributed by atoms with E-state index in [1.54, 1.807) is 0 Å². The van der Waals surface area contributed by atoms with Crippen LogP contribution < -0.4 is 5.73 Å². The lowest BCUT2D eigenvalue weighted by molar-refractivity contribution is 0.339. The molecule has 0 amide bonds. The second kappa shape index (κ2) is 6.58. The van der Waals surface area contributed by atoms with E-state index in [2.05, 4.69) is 34.6 Å². The van der Waals surface area contributed by atoms with E-state index >= 15 is 0 Å². The van der Waals surface area contributed by atoms with Crippen LogP contribution in [0, 0.1) is 0 Å². The van der Waals surface area contributed by atoms with E-state index in [9.17, 15) is 0 Å². The number of aryl methyl sites for hydroxylation is 1. The Morgan fingerprint density at radius 1 is 1.19 bits per heavy atom. The molecule has 1 aliphatic heterocycles. The molecule has 1 fully saturated rings. The summed E-state index contributed by atoms with van der Waals surface area (Å²) >= 11 is 0. The van der Waals surface area contributed by atoms with Gasteiger partial charge in [-0.05, 0) is 50.0 Å². The summed E-state index contributed by atoms with van der Waals surface area (Å²) in [5.74, 6) is 1.23. The van der Waals surface area contributed by atoms with Gasteiger partial charge in [-0.1, -0.05) is 13.0 Å². The van der Waals surface area contributed by atoms with E-state index in [-0.39, 0.29) is 0 Å². The minimum absolute atomic E-state index is 0.583. The smallest absolute Gasteiger partial charge is 0.111 e. The number of nitrogens with two attached hydrogens (primary N) is 1. The second-order valence-electron chi connectivity index (χ2n) is 6.01. The average Bonchev–Trinajstić information content (AvgIpc) is 3.13. The van der Waals surface area contributed by atoms with Crippen molar-refractivity contribution in [2.75, 3.05) is 19.6 Å². The van der Waals surface area contributed by atoms with Gasteiger partial charge in [0.1, 0.15) is 5.82 Å². The van der Waals surface area contributed by atoms with Gasteiger partial charge in [0.25, 0.3) is 0 Å². The molecule has 3 rings (SSSR count). The number of nitrogens with zero attached hydrogens (tertiary/aromatic N) is 3. The van der Waals surface area contributed by atoms with Crippen molar-refractivity contribution in [1.82, 2.24) is 14.5 Å². The Kier molecular flexibility index (Phi) is 4.56. The van der Waals surface area contributed by atoms with Crippen LogP contribution in [0.15, 0.2) is 18.2 Å². The van der Waals surface area contributed by atoms with E-state index in [0.717, 1.165) is 37.0 Å². The molecular formula is C17H26N4. The molecule has 0 aliphatic carbocycles. The molecule has 4 heteroatoms. The fourth-order valence-corrected chi connectivity index (χ4v) is 3.28. The van der Waals surface area contributed by atoms with Gasteiger partial charge >= 0.3 is 0 Å². The molecule has 0 saturated carbocycles. The summed E-state index contributed by atoms with van der Waals surface area (Å²) < 4.78 is 2.39. The first-order valence-corrected chi connectivity index (χ1v) is 8.22. The fraction of sp³-hybridized carbons (Fsp3) is 0.588. The van der Waals surface area contributed by atoms with Gasteiger partial charge in [0.05, 0.1) is 11.0 Å². The maximum absolute atomic E-state index is 5.74. The first kappa shape index (κ1) is 14.5. The Labute approximate surface area is 126 Å². The largest absolute Gasteiger partial charge is 0.328 e. The molecule has 2 N–H and O–H groups in total. The molecule has 114 valence electrons. The number of fused-ring (bicyclic) bond motifs is 1. The first-order chi connectivity index (χ1) is 10.3. The van der Waals surface area contributed by atoms with Gasteiger partial charge < -0.3 is 15.2 Å². The van der Waals surface area contributed by atoms with E-state index in [0.29, 0.717) is 6.54 Å². The predicted octanol–water partition coefficient (Wildman–Crippen LogP) is 2.54. The SMILES string of the molecule is CCCn1c(CCN2CCCC2)nc2cc(CN)ccc21. The highest BCUT2D eigenvalue weighted by Gasteiger charge is 2.15. The molecule has 4 nitrogen and oxygen atoms in total. The van der Waals surface area contributed by atoms with Gasteiger partial charge in [0.2, 0.25) is 0 Å². The van der Waals surface area contributed by atoms with Crippen LogP contribution >= 0.6 is 0 Å². The van der Waals surface area contributed by atoms with Crippen LogP contribution in [-0.2, 0) is 19.5 Å². The fourth-order valence-electron chi connectivity index (χ4n) is 3.28. The van der Waals surface area contributed by atoms with Crippen molar-refractivity contribution in [3.8, 4) is 0 Å². The van der Waals surface area contributed by atoms with E-state index < -0.39 is 0 Å². The van der Waals surface area contributed by atoms with Gasteiger partial charge in [0.15, 0.2) is 0 Å². The Balaban J connectivity index is 1.86. The quantitative estimate of drug-likeness (QED) is 0.887. The molecule has 2 aromatic rings. The van der Waals surface area contributed by atoms with Crippen molar-refractivity contribution in [3.05, 3.63) is 29.6 Å². The maximum atomic E-state index is 5.74. The van der Waals surface area contributed by atoms with Crippen LogP contribution in [-0.4, -0.2) is 34.1 Å². The van der Waals surface area contributed by atoms with Crippen LogP contribution in [0.5, 0.6) is 0 Å². The number of hydrogen-bond acceptors (Lipinski definition) is 3. The third kappa shape index (κ3) is 3.11. The predicted molar refractivity (Wildman–Crippen MR) is 87.3 cm³/mol. The highest BCUT2D eigenvalue weighted by molar-refractivity contribution is 5.77. The lowest BCUT2D eigenvalue weighted by atomic mass is 10.2. The summed E-state index contributed by atoms with van der Waals surface area (Å²) in [6, 6.07) is 6.45.